The molecule has 13 heavy (non-hydrogen) atoms. The van der Waals surface area contributed by atoms with Gasteiger partial charge in [0.05, 0.1) is 6.04 Å². The molecule has 1 fully saturated rings. The number of carboxylic acid groups (broad SMARTS) is 1. The maximum absolute atomic E-state index is 10.9. The van der Waals surface area contributed by atoms with Gasteiger partial charge in [0.2, 0.25) is 0 Å². The molecule has 1 amide bonds. The van der Waals surface area contributed by atoms with Gasteiger partial charge in [-0.15, -0.1) is 0 Å². The average molecular weight is 179 g/mol. The summed E-state index contributed by atoms with van der Waals surface area (Å²) in [6, 6.07) is 0.0799. The number of hydrogen-bond donors (Lipinski definition) is 1. The lowest BCUT2D eigenvalue weighted by atomic mass is 9.86. The highest BCUT2D eigenvalue weighted by Crippen LogP contribution is 2.27. The molecule has 0 aromatic carbocycles. The minimum absolute atomic E-state index is 0.0799. The van der Waals surface area contributed by atoms with Crippen molar-refractivity contribution in [2.45, 2.75) is 18.9 Å². The van der Waals surface area contributed by atoms with Gasteiger partial charge in [0.15, 0.2) is 0 Å². The molecule has 2 aliphatic rings. The molecule has 1 aliphatic heterocycles. The van der Waals surface area contributed by atoms with Crippen molar-refractivity contribution in [1.82, 2.24) is 4.90 Å². The Kier molecular flexibility index (Phi) is 2.08. The molecule has 0 aromatic rings. The summed E-state index contributed by atoms with van der Waals surface area (Å²) in [6.07, 6.45) is 9.32. The molecule has 1 N–H and O–H groups in total. The Hall–Kier alpha value is -1.25. The Morgan fingerprint density at radius 2 is 2.15 bits per heavy atom. The molecule has 3 nitrogen and oxygen atoms in total. The predicted molar refractivity (Wildman–Crippen MR) is 49.5 cm³/mol. The van der Waals surface area contributed by atoms with Crippen LogP contribution in [0.1, 0.15) is 12.8 Å². The maximum atomic E-state index is 10.9. The third kappa shape index (κ3) is 1.46. The van der Waals surface area contributed by atoms with Crippen molar-refractivity contribution in [2.24, 2.45) is 5.92 Å². The first-order valence-electron chi connectivity index (χ1n) is 4.63. The third-order valence-corrected chi connectivity index (χ3v) is 2.76. The molecule has 0 radical (unpaired) electrons. The number of nitrogens with zero attached hydrogens (tertiary/aromatic N) is 1. The SMILES string of the molecule is O=C(O)N1CCCC2C=CC=CC21. The van der Waals surface area contributed by atoms with Crippen LogP contribution in [0.2, 0.25) is 0 Å². The highest BCUT2D eigenvalue weighted by atomic mass is 16.4. The van der Waals surface area contributed by atoms with E-state index in [0.717, 1.165) is 12.8 Å². The van der Waals surface area contributed by atoms with E-state index in [1.807, 2.05) is 18.2 Å². The Balaban J connectivity index is 2.17. The maximum Gasteiger partial charge on any atom is 0.407 e. The van der Waals surface area contributed by atoms with E-state index >= 15 is 0 Å². The summed E-state index contributed by atoms with van der Waals surface area (Å²) in [5.41, 5.74) is 0. The second-order valence-electron chi connectivity index (χ2n) is 3.54. The number of rotatable bonds is 0. The van der Waals surface area contributed by atoms with E-state index in [2.05, 4.69) is 6.08 Å². The van der Waals surface area contributed by atoms with Crippen LogP contribution in [0.5, 0.6) is 0 Å². The number of allylic oxidation sites excluding steroid dienone is 2. The number of carbonyl (C=O) groups is 1. The van der Waals surface area contributed by atoms with Crippen LogP contribution < -0.4 is 0 Å². The van der Waals surface area contributed by atoms with Gasteiger partial charge in [-0.3, -0.25) is 0 Å². The van der Waals surface area contributed by atoms with Crippen LogP contribution in [0.4, 0.5) is 4.79 Å². The number of likely N-dealkylation sites (tertiary alicyclic amines) is 1. The summed E-state index contributed by atoms with van der Waals surface area (Å²) < 4.78 is 0. The number of amides is 1. The zero-order valence-corrected chi connectivity index (χ0v) is 7.39. The van der Waals surface area contributed by atoms with Crippen LogP contribution in [0, 0.1) is 5.92 Å². The number of piperidine rings is 1. The first-order valence-corrected chi connectivity index (χ1v) is 4.63. The molecule has 70 valence electrons. The van der Waals surface area contributed by atoms with E-state index in [4.69, 9.17) is 5.11 Å². The fourth-order valence-electron chi connectivity index (χ4n) is 2.11. The van der Waals surface area contributed by atoms with E-state index in [9.17, 15) is 4.79 Å². The molecule has 1 heterocycles. The van der Waals surface area contributed by atoms with E-state index in [1.54, 1.807) is 0 Å². The molecule has 1 aliphatic carbocycles. The topological polar surface area (TPSA) is 40.5 Å². The van der Waals surface area contributed by atoms with Crippen molar-refractivity contribution in [2.75, 3.05) is 6.54 Å². The predicted octanol–water partition coefficient (Wildman–Crippen LogP) is 1.87. The lowest BCUT2D eigenvalue weighted by Crippen LogP contribution is -2.46. The van der Waals surface area contributed by atoms with Gasteiger partial charge < -0.3 is 10.0 Å². The van der Waals surface area contributed by atoms with Crippen LogP contribution in [0.3, 0.4) is 0 Å². The molecular weight excluding hydrogens is 166 g/mol. The smallest absolute Gasteiger partial charge is 0.407 e. The molecule has 0 saturated carbocycles. The van der Waals surface area contributed by atoms with Crippen molar-refractivity contribution >= 4 is 6.09 Å². The fourth-order valence-corrected chi connectivity index (χ4v) is 2.11. The van der Waals surface area contributed by atoms with Crippen molar-refractivity contribution in [3.63, 3.8) is 0 Å². The molecule has 2 atom stereocenters. The highest BCUT2D eigenvalue weighted by molar-refractivity contribution is 5.66. The summed E-state index contributed by atoms with van der Waals surface area (Å²) in [7, 11) is 0. The van der Waals surface area contributed by atoms with Gasteiger partial charge in [0, 0.05) is 12.5 Å². The van der Waals surface area contributed by atoms with Crippen LogP contribution in [-0.2, 0) is 0 Å². The molecule has 0 bridgehead atoms. The zero-order chi connectivity index (χ0) is 9.26. The Bertz CT molecular complexity index is 270. The third-order valence-electron chi connectivity index (χ3n) is 2.76. The summed E-state index contributed by atoms with van der Waals surface area (Å²) in [5, 5.41) is 8.95. The zero-order valence-electron chi connectivity index (χ0n) is 7.39. The van der Waals surface area contributed by atoms with Crippen LogP contribution >= 0.6 is 0 Å². The van der Waals surface area contributed by atoms with Crippen molar-refractivity contribution in [3.8, 4) is 0 Å². The Morgan fingerprint density at radius 3 is 2.92 bits per heavy atom. The van der Waals surface area contributed by atoms with Crippen LogP contribution in [-0.4, -0.2) is 28.7 Å². The van der Waals surface area contributed by atoms with Crippen LogP contribution in [0.15, 0.2) is 24.3 Å². The normalized spacial score (nSPS) is 31.5. The molecule has 2 unspecified atom stereocenters. The molecule has 0 aromatic heterocycles. The summed E-state index contributed by atoms with van der Waals surface area (Å²) in [4.78, 5) is 12.4. The number of hydrogen-bond acceptors (Lipinski definition) is 1. The van der Waals surface area contributed by atoms with Crippen molar-refractivity contribution in [1.29, 1.82) is 0 Å². The summed E-state index contributed by atoms with van der Waals surface area (Å²) in [5.74, 6) is 0.398. The van der Waals surface area contributed by atoms with E-state index in [0.29, 0.717) is 12.5 Å². The Morgan fingerprint density at radius 1 is 1.38 bits per heavy atom. The van der Waals surface area contributed by atoms with Crippen molar-refractivity contribution in [3.05, 3.63) is 24.3 Å². The number of fused-ring (bicyclic) bond motifs is 1. The molecule has 3 heteroatoms. The van der Waals surface area contributed by atoms with Gasteiger partial charge in [-0.25, -0.2) is 4.79 Å². The van der Waals surface area contributed by atoms with E-state index < -0.39 is 6.09 Å². The summed E-state index contributed by atoms with van der Waals surface area (Å²) >= 11 is 0. The van der Waals surface area contributed by atoms with Gasteiger partial charge >= 0.3 is 6.09 Å². The fraction of sp³-hybridized carbons (Fsp3) is 0.500. The van der Waals surface area contributed by atoms with Gasteiger partial charge in [-0.1, -0.05) is 24.3 Å². The minimum atomic E-state index is -0.797. The quantitative estimate of drug-likeness (QED) is 0.616. The van der Waals surface area contributed by atoms with E-state index in [-0.39, 0.29) is 6.04 Å². The lowest BCUT2D eigenvalue weighted by molar-refractivity contribution is 0.106. The molecule has 2 rings (SSSR count). The first-order chi connectivity index (χ1) is 6.29. The van der Waals surface area contributed by atoms with Crippen molar-refractivity contribution < 1.29 is 9.90 Å². The minimum Gasteiger partial charge on any atom is -0.465 e. The molecule has 1 saturated heterocycles. The summed E-state index contributed by atoms with van der Waals surface area (Å²) in [6.45, 7) is 0.675. The van der Waals surface area contributed by atoms with Gasteiger partial charge in [0.1, 0.15) is 0 Å². The van der Waals surface area contributed by atoms with E-state index in [1.165, 1.54) is 4.90 Å². The molecular formula is C10H13NO2. The lowest BCUT2D eigenvalue weighted by Gasteiger charge is -2.37. The standard InChI is InChI=1S/C10H13NO2/c12-10(13)11-7-3-5-8-4-1-2-6-9(8)11/h1-2,4,6,8-9H,3,5,7H2,(H,12,13). The second kappa shape index (κ2) is 3.24. The highest BCUT2D eigenvalue weighted by Gasteiger charge is 2.31. The average Bonchev–Trinajstić information content (AvgIpc) is 2.17. The van der Waals surface area contributed by atoms with Gasteiger partial charge in [0.25, 0.3) is 0 Å². The second-order valence-corrected chi connectivity index (χ2v) is 3.54. The monoisotopic (exact) mass is 179 g/mol. The van der Waals surface area contributed by atoms with Gasteiger partial charge in [-0.05, 0) is 12.8 Å². The largest absolute Gasteiger partial charge is 0.465 e. The molecule has 0 spiro atoms. The first kappa shape index (κ1) is 8.35. The Labute approximate surface area is 77.3 Å². The van der Waals surface area contributed by atoms with Gasteiger partial charge in [-0.2, -0.15) is 0 Å². The van der Waals surface area contributed by atoms with Crippen LogP contribution in [0.25, 0.3) is 0 Å².